The Hall–Kier alpha value is -3.39. The zero-order chi connectivity index (χ0) is 25.4. The largest absolute Gasteiger partial charge is 0.463 e. The van der Waals surface area contributed by atoms with Crippen LogP contribution in [-0.2, 0) is 9.53 Å². The molecular formula is C27H20Cl2N2O4S. The van der Waals surface area contributed by atoms with E-state index in [0.29, 0.717) is 42.2 Å². The first-order valence-electron chi connectivity index (χ1n) is 11.2. The van der Waals surface area contributed by atoms with E-state index < -0.39 is 12.0 Å². The van der Waals surface area contributed by atoms with E-state index in [1.807, 2.05) is 24.3 Å². The van der Waals surface area contributed by atoms with Gasteiger partial charge >= 0.3 is 5.97 Å². The molecule has 182 valence electrons. The number of rotatable bonds is 5. The minimum absolute atomic E-state index is 0.209. The van der Waals surface area contributed by atoms with Crippen LogP contribution in [0.5, 0.6) is 0 Å². The normalized spacial score (nSPS) is 15.6. The summed E-state index contributed by atoms with van der Waals surface area (Å²) < 4.78 is 13.2. The van der Waals surface area contributed by atoms with E-state index in [-0.39, 0.29) is 12.2 Å². The van der Waals surface area contributed by atoms with Crippen molar-refractivity contribution < 1.29 is 13.9 Å². The number of carbonyl (C=O) groups excluding carboxylic acids is 1. The van der Waals surface area contributed by atoms with E-state index in [1.165, 1.54) is 15.9 Å². The number of benzene rings is 2. The van der Waals surface area contributed by atoms with Gasteiger partial charge in [-0.15, -0.1) is 0 Å². The Bertz CT molecular complexity index is 1680. The molecule has 2 aromatic carbocycles. The van der Waals surface area contributed by atoms with E-state index in [9.17, 15) is 9.59 Å². The highest BCUT2D eigenvalue weighted by molar-refractivity contribution is 7.07. The van der Waals surface area contributed by atoms with Gasteiger partial charge in [0.15, 0.2) is 4.80 Å². The molecule has 1 aliphatic rings. The van der Waals surface area contributed by atoms with Crippen molar-refractivity contribution in [3.05, 3.63) is 113 Å². The van der Waals surface area contributed by atoms with Crippen molar-refractivity contribution in [1.82, 2.24) is 4.57 Å². The van der Waals surface area contributed by atoms with Crippen molar-refractivity contribution in [3.8, 4) is 11.3 Å². The van der Waals surface area contributed by atoms with Crippen LogP contribution in [0.3, 0.4) is 0 Å². The summed E-state index contributed by atoms with van der Waals surface area (Å²) in [7, 11) is 0. The minimum Gasteiger partial charge on any atom is -0.463 e. The van der Waals surface area contributed by atoms with Crippen LogP contribution in [0.15, 0.2) is 86.1 Å². The Morgan fingerprint density at radius 1 is 1.14 bits per heavy atom. The molecule has 0 bridgehead atoms. The van der Waals surface area contributed by atoms with E-state index in [2.05, 4.69) is 4.99 Å². The predicted molar refractivity (Wildman–Crippen MR) is 141 cm³/mol. The van der Waals surface area contributed by atoms with Crippen LogP contribution in [-0.4, -0.2) is 17.1 Å². The minimum atomic E-state index is -0.696. The first kappa shape index (κ1) is 24.3. The third-order valence-corrected chi connectivity index (χ3v) is 7.18. The van der Waals surface area contributed by atoms with Crippen LogP contribution in [0.4, 0.5) is 0 Å². The number of hydrogen-bond acceptors (Lipinski definition) is 6. The number of aromatic nitrogens is 1. The highest BCUT2D eigenvalue weighted by atomic mass is 35.5. The Morgan fingerprint density at radius 3 is 2.64 bits per heavy atom. The van der Waals surface area contributed by atoms with Crippen LogP contribution in [0, 0.1) is 0 Å². The lowest BCUT2D eigenvalue weighted by molar-refractivity contribution is -0.139. The van der Waals surface area contributed by atoms with Crippen LogP contribution < -0.4 is 14.9 Å². The summed E-state index contributed by atoms with van der Waals surface area (Å²) in [5, 5.41) is 1.16. The standard InChI is InChI=1S/C27H20Cl2N2O4S/c1-3-34-26(33)23-15(2)30-27-31(24(23)16-7-9-18(28)10-8-16)25(32)22(36-27)14-20-11-12-21(35-20)17-5-4-6-19(29)13-17/h4-14,24H,3H2,1-2H3/b22-14-/t24-/m1/s1. The molecule has 5 rings (SSSR count). The Labute approximate surface area is 220 Å². The van der Waals surface area contributed by atoms with Crippen LogP contribution >= 0.6 is 34.5 Å². The third kappa shape index (κ3) is 4.57. The summed E-state index contributed by atoms with van der Waals surface area (Å²) >= 11 is 13.4. The topological polar surface area (TPSA) is 73.8 Å². The predicted octanol–water partition coefficient (Wildman–Crippen LogP) is 5.37. The Kier molecular flexibility index (Phi) is 6.71. The van der Waals surface area contributed by atoms with Crippen molar-refractivity contribution in [2.24, 2.45) is 4.99 Å². The van der Waals surface area contributed by atoms with Gasteiger partial charge in [0.05, 0.1) is 28.5 Å². The second-order valence-corrected chi connectivity index (χ2v) is 9.95. The van der Waals surface area contributed by atoms with Gasteiger partial charge in [0.1, 0.15) is 11.5 Å². The first-order valence-corrected chi connectivity index (χ1v) is 12.7. The molecule has 0 fully saturated rings. The number of esters is 1. The Balaban J connectivity index is 1.64. The molecule has 1 aliphatic heterocycles. The maximum absolute atomic E-state index is 13.6. The fraction of sp³-hybridized carbons (Fsp3) is 0.148. The fourth-order valence-electron chi connectivity index (χ4n) is 4.11. The maximum Gasteiger partial charge on any atom is 0.338 e. The molecule has 0 spiro atoms. The van der Waals surface area contributed by atoms with Gasteiger partial charge in [-0.05, 0) is 55.8 Å². The average Bonchev–Trinajstić information content (AvgIpc) is 3.43. The van der Waals surface area contributed by atoms with E-state index in [1.54, 1.807) is 56.3 Å². The number of furan rings is 1. The second kappa shape index (κ2) is 9.93. The van der Waals surface area contributed by atoms with Gasteiger partial charge in [-0.25, -0.2) is 9.79 Å². The van der Waals surface area contributed by atoms with Crippen molar-refractivity contribution in [2.45, 2.75) is 19.9 Å². The van der Waals surface area contributed by atoms with Gasteiger partial charge in [-0.1, -0.05) is 58.8 Å². The molecule has 0 aliphatic carbocycles. The molecule has 0 unspecified atom stereocenters. The second-order valence-electron chi connectivity index (χ2n) is 8.07. The smallest absolute Gasteiger partial charge is 0.338 e. The summed E-state index contributed by atoms with van der Waals surface area (Å²) in [6.07, 6.45) is 1.68. The van der Waals surface area contributed by atoms with Crippen LogP contribution in [0.1, 0.15) is 31.2 Å². The van der Waals surface area contributed by atoms with Crippen molar-refractivity contribution in [3.63, 3.8) is 0 Å². The lowest BCUT2D eigenvalue weighted by atomic mass is 9.96. The third-order valence-electron chi connectivity index (χ3n) is 5.71. The quantitative estimate of drug-likeness (QED) is 0.320. The molecule has 0 radical (unpaired) electrons. The molecule has 6 nitrogen and oxygen atoms in total. The maximum atomic E-state index is 13.6. The molecule has 2 aromatic heterocycles. The molecular weight excluding hydrogens is 519 g/mol. The number of fused-ring (bicyclic) bond motifs is 1. The molecule has 0 saturated heterocycles. The molecule has 0 N–H and O–H groups in total. The molecule has 4 aromatic rings. The lowest BCUT2D eigenvalue weighted by Crippen LogP contribution is -2.39. The molecule has 3 heterocycles. The molecule has 1 atom stereocenters. The van der Waals surface area contributed by atoms with Crippen molar-refractivity contribution in [1.29, 1.82) is 0 Å². The number of carbonyl (C=O) groups is 1. The van der Waals surface area contributed by atoms with Crippen LogP contribution in [0.2, 0.25) is 10.0 Å². The highest BCUT2D eigenvalue weighted by Crippen LogP contribution is 2.31. The summed E-state index contributed by atoms with van der Waals surface area (Å²) in [5.41, 5.74) is 2.10. The monoisotopic (exact) mass is 538 g/mol. The first-order chi connectivity index (χ1) is 17.4. The number of hydrogen-bond donors (Lipinski definition) is 0. The van der Waals surface area contributed by atoms with Gasteiger partial charge in [-0.3, -0.25) is 9.36 Å². The van der Waals surface area contributed by atoms with Gasteiger partial charge in [0.2, 0.25) is 0 Å². The van der Waals surface area contributed by atoms with Gasteiger partial charge < -0.3 is 9.15 Å². The molecule has 0 amide bonds. The van der Waals surface area contributed by atoms with Crippen molar-refractivity contribution in [2.75, 3.05) is 6.61 Å². The number of halogens is 2. The SMILES string of the molecule is CCOC(=O)C1=C(C)N=c2s/c(=C\c3ccc(-c4cccc(Cl)c4)o3)c(=O)n2[C@@H]1c1ccc(Cl)cc1. The zero-order valence-electron chi connectivity index (χ0n) is 19.3. The van der Waals surface area contributed by atoms with E-state index in [4.69, 9.17) is 32.4 Å². The Morgan fingerprint density at radius 2 is 1.92 bits per heavy atom. The van der Waals surface area contributed by atoms with E-state index in [0.717, 1.165) is 11.1 Å². The van der Waals surface area contributed by atoms with Crippen LogP contribution in [0.25, 0.3) is 17.4 Å². The summed E-state index contributed by atoms with van der Waals surface area (Å²) in [6.45, 7) is 3.69. The van der Waals surface area contributed by atoms with Gasteiger partial charge in [-0.2, -0.15) is 0 Å². The average molecular weight is 539 g/mol. The number of ether oxygens (including phenoxy) is 1. The zero-order valence-corrected chi connectivity index (χ0v) is 21.7. The molecule has 9 heteroatoms. The summed E-state index contributed by atoms with van der Waals surface area (Å²) in [4.78, 5) is 31.6. The molecule has 0 saturated carbocycles. The van der Waals surface area contributed by atoms with Gasteiger partial charge in [0, 0.05) is 21.7 Å². The molecule has 36 heavy (non-hydrogen) atoms. The number of allylic oxidation sites excluding steroid dienone is 1. The fourth-order valence-corrected chi connectivity index (χ4v) is 5.45. The summed E-state index contributed by atoms with van der Waals surface area (Å²) in [6, 6.07) is 17.3. The highest BCUT2D eigenvalue weighted by Gasteiger charge is 2.33. The van der Waals surface area contributed by atoms with Crippen molar-refractivity contribution >= 4 is 46.6 Å². The lowest BCUT2D eigenvalue weighted by Gasteiger charge is -2.24. The van der Waals surface area contributed by atoms with E-state index >= 15 is 0 Å². The number of thiazole rings is 1. The van der Waals surface area contributed by atoms with Gasteiger partial charge in [0.25, 0.3) is 5.56 Å². The summed E-state index contributed by atoms with van der Waals surface area (Å²) in [5.74, 6) is 0.640. The number of nitrogens with zero attached hydrogens (tertiary/aromatic N) is 2.